The molecule has 1 aromatic heterocycles. The Hall–Kier alpha value is -2.20. The molecule has 0 aliphatic carbocycles. The summed E-state index contributed by atoms with van der Waals surface area (Å²) >= 11 is 3.42. The van der Waals surface area contributed by atoms with Crippen LogP contribution in [0.15, 0.2) is 59.2 Å². The van der Waals surface area contributed by atoms with E-state index in [1.54, 1.807) is 19.4 Å². The number of carbonyl (C=O) groups is 1. The van der Waals surface area contributed by atoms with Gasteiger partial charge in [0.1, 0.15) is 5.75 Å². The van der Waals surface area contributed by atoms with Gasteiger partial charge < -0.3 is 4.74 Å². The van der Waals surface area contributed by atoms with E-state index in [0.29, 0.717) is 16.9 Å². The van der Waals surface area contributed by atoms with E-state index in [2.05, 4.69) is 20.9 Å². The molecule has 0 radical (unpaired) electrons. The number of methoxy groups -OCH3 is 1. The second-order valence-electron chi connectivity index (χ2n) is 4.59. The van der Waals surface area contributed by atoms with E-state index >= 15 is 0 Å². The lowest BCUT2D eigenvalue weighted by molar-refractivity contribution is 0.103. The molecule has 21 heavy (non-hydrogen) atoms. The Balaban J connectivity index is 2.07. The molecule has 1 heterocycles. The number of halogens is 1. The van der Waals surface area contributed by atoms with E-state index < -0.39 is 0 Å². The minimum Gasteiger partial charge on any atom is -0.497 e. The van der Waals surface area contributed by atoms with E-state index in [4.69, 9.17) is 4.74 Å². The molecule has 0 saturated heterocycles. The number of fused-ring (bicyclic) bond motifs is 1. The Kier molecular flexibility index (Phi) is 3.71. The second-order valence-corrected chi connectivity index (χ2v) is 5.44. The van der Waals surface area contributed by atoms with Crippen molar-refractivity contribution in [2.24, 2.45) is 0 Å². The second kappa shape index (κ2) is 5.66. The molecule has 3 aromatic rings. The van der Waals surface area contributed by atoms with Gasteiger partial charge in [-0.2, -0.15) is 0 Å². The number of ether oxygens (including phenoxy) is 1. The summed E-state index contributed by atoms with van der Waals surface area (Å²) in [6, 6.07) is 14.7. The number of carbonyl (C=O) groups excluding carboxylic acids is 1. The van der Waals surface area contributed by atoms with Crippen LogP contribution in [0.25, 0.3) is 10.9 Å². The number of nitrogens with zero attached hydrogens (tertiary/aromatic N) is 1. The first-order chi connectivity index (χ1) is 10.2. The highest BCUT2D eigenvalue weighted by molar-refractivity contribution is 9.10. The van der Waals surface area contributed by atoms with Crippen molar-refractivity contribution in [3.8, 4) is 5.75 Å². The first kappa shape index (κ1) is 13.8. The van der Waals surface area contributed by atoms with Crippen LogP contribution in [0.5, 0.6) is 5.75 Å². The van der Waals surface area contributed by atoms with Gasteiger partial charge in [-0.3, -0.25) is 9.78 Å². The predicted molar refractivity (Wildman–Crippen MR) is 85.9 cm³/mol. The third kappa shape index (κ3) is 2.67. The van der Waals surface area contributed by atoms with Gasteiger partial charge in [-0.25, -0.2) is 0 Å². The van der Waals surface area contributed by atoms with Crippen LogP contribution in [0.3, 0.4) is 0 Å². The number of aromatic nitrogens is 1. The Morgan fingerprint density at radius 2 is 2.00 bits per heavy atom. The van der Waals surface area contributed by atoms with Gasteiger partial charge in [0.25, 0.3) is 0 Å². The van der Waals surface area contributed by atoms with Gasteiger partial charge >= 0.3 is 0 Å². The van der Waals surface area contributed by atoms with Crippen LogP contribution < -0.4 is 4.74 Å². The average molecular weight is 342 g/mol. The quantitative estimate of drug-likeness (QED) is 0.669. The molecule has 2 aromatic carbocycles. The molecule has 3 nitrogen and oxygen atoms in total. The Bertz CT molecular complexity index is 830. The largest absolute Gasteiger partial charge is 0.497 e. The van der Waals surface area contributed by atoms with E-state index in [0.717, 1.165) is 15.4 Å². The minimum atomic E-state index is -0.0617. The molecule has 104 valence electrons. The maximum absolute atomic E-state index is 12.7. The Labute approximate surface area is 130 Å². The molecule has 0 unspecified atom stereocenters. The van der Waals surface area contributed by atoms with Gasteiger partial charge in [-0.1, -0.05) is 34.1 Å². The standard InChI is InChI=1S/C17H12BrNO2/c1-21-13-6-7-15(18)14(10-13)17(20)12-5-4-11-3-2-8-19-16(11)9-12/h2-10H,1H3. The summed E-state index contributed by atoms with van der Waals surface area (Å²) in [5.41, 5.74) is 1.99. The fourth-order valence-electron chi connectivity index (χ4n) is 2.17. The van der Waals surface area contributed by atoms with Crippen molar-refractivity contribution in [3.05, 3.63) is 70.3 Å². The van der Waals surface area contributed by atoms with Gasteiger partial charge in [0.2, 0.25) is 0 Å². The van der Waals surface area contributed by atoms with Crippen molar-refractivity contribution in [3.63, 3.8) is 0 Å². The van der Waals surface area contributed by atoms with Gasteiger partial charge in [0, 0.05) is 27.2 Å². The topological polar surface area (TPSA) is 39.2 Å². The Morgan fingerprint density at radius 3 is 2.81 bits per heavy atom. The normalized spacial score (nSPS) is 10.6. The molecule has 0 amide bonds. The predicted octanol–water partition coefficient (Wildman–Crippen LogP) is 4.24. The van der Waals surface area contributed by atoms with Crippen LogP contribution in [0.2, 0.25) is 0 Å². The maximum atomic E-state index is 12.7. The van der Waals surface area contributed by atoms with Crippen molar-refractivity contribution in [2.45, 2.75) is 0 Å². The zero-order valence-corrected chi connectivity index (χ0v) is 12.9. The summed E-state index contributed by atoms with van der Waals surface area (Å²) < 4.78 is 5.93. The zero-order valence-electron chi connectivity index (χ0n) is 11.3. The van der Waals surface area contributed by atoms with Crippen molar-refractivity contribution >= 4 is 32.6 Å². The molecule has 0 aliphatic heterocycles. The molecular weight excluding hydrogens is 330 g/mol. The molecule has 0 aliphatic rings. The lowest BCUT2D eigenvalue weighted by Gasteiger charge is -2.07. The Morgan fingerprint density at radius 1 is 1.14 bits per heavy atom. The SMILES string of the molecule is COc1ccc(Br)c(C(=O)c2ccc3cccnc3c2)c1. The molecule has 0 spiro atoms. The molecule has 4 heteroatoms. The molecule has 0 atom stereocenters. The molecule has 0 saturated carbocycles. The summed E-state index contributed by atoms with van der Waals surface area (Å²) in [6.45, 7) is 0. The lowest BCUT2D eigenvalue weighted by atomic mass is 10.0. The van der Waals surface area contributed by atoms with Crippen LogP contribution >= 0.6 is 15.9 Å². The van der Waals surface area contributed by atoms with Crippen molar-refractivity contribution in [2.75, 3.05) is 7.11 Å². The third-order valence-corrected chi connectivity index (χ3v) is 3.98. The first-order valence-corrected chi connectivity index (χ1v) is 7.21. The van der Waals surface area contributed by atoms with Crippen molar-refractivity contribution in [1.82, 2.24) is 4.98 Å². The average Bonchev–Trinajstić information content (AvgIpc) is 2.54. The minimum absolute atomic E-state index is 0.0617. The number of pyridine rings is 1. The van der Waals surface area contributed by atoms with Crippen molar-refractivity contribution in [1.29, 1.82) is 0 Å². The fraction of sp³-hybridized carbons (Fsp3) is 0.0588. The fourth-order valence-corrected chi connectivity index (χ4v) is 2.60. The molecule has 0 N–H and O–H groups in total. The van der Waals surface area contributed by atoms with E-state index in [1.807, 2.05) is 42.5 Å². The van der Waals surface area contributed by atoms with E-state index in [1.165, 1.54) is 0 Å². The van der Waals surface area contributed by atoms with Gasteiger partial charge in [0.15, 0.2) is 5.78 Å². The number of hydrogen-bond acceptors (Lipinski definition) is 3. The summed E-state index contributed by atoms with van der Waals surface area (Å²) in [6.07, 6.45) is 1.72. The summed E-state index contributed by atoms with van der Waals surface area (Å²) in [5, 5.41) is 1.01. The smallest absolute Gasteiger partial charge is 0.194 e. The maximum Gasteiger partial charge on any atom is 0.194 e. The van der Waals surface area contributed by atoms with Gasteiger partial charge in [-0.15, -0.1) is 0 Å². The van der Waals surface area contributed by atoms with Crippen LogP contribution in [0.4, 0.5) is 0 Å². The number of hydrogen-bond donors (Lipinski definition) is 0. The molecule has 3 rings (SSSR count). The summed E-state index contributed by atoms with van der Waals surface area (Å²) in [4.78, 5) is 17.0. The number of rotatable bonds is 3. The first-order valence-electron chi connectivity index (χ1n) is 6.42. The highest BCUT2D eigenvalue weighted by Gasteiger charge is 2.14. The molecular formula is C17H12BrNO2. The molecule has 0 bridgehead atoms. The van der Waals surface area contributed by atoms with Crippen LogP contribution in [-0.4, -0.2) is 17.9 Å². The van der Waals surface area contributed by atoms with E-state index in [-0.39, 0.29) is 5.78 Å². The highest BCUT2D eigenvalue weighted by atomic mass is 79.9. The number of ketones is 1. The van der Waals surface area contributed by atoms with Gasteiger partial charge in [-0.05, 0) is 30.3 Å². The highest BCUT2D eigenvalue weighted by Crippen LogP contribution is 2.25. The third-order valence-electron chi connectivity index (χ3n) is 3.29. The summed E-state index contributed by atoms with van der Waals surface area (Å²) in [7, 11) is 1.58. The lowest BCUT2D eigenvalue weighted by Crippen LogP contribution is -2.03. The monoisotopic (exact) mass is 341 g/mol. The summed E-state index contributed by atoms with van der Waals surface area (Å²) in [5.74, 6) is 0.591. The van der Waals surface area contributed by atoms with Crippen LogP contribution in [0, 0.1) is 0 Å². The zero-order chi connectivity index (χ0) is 14.8. The van der Waals surface area contributed by atoms with Crippen molar-refractivity contribution < 1.29 is 9.53 Å². The van der Waals surface area contributed by atoms with Crippen LogP contribution in [0.1, 0.15) is 15.9 Å². The van der Waals surface area contributed by atoms with Crippen LogP contribution in [-0.2, 0) is 0 Å². The number of benzene rings is 2. The van der Waals surface area contributed by atoms with E-state index in [9.17, 15) is 4.79 Å². The van der Waals surface area contributed by atoms with Gasteiger partial charge in [0.05, 0.1) is 12.6 Å². The molecule has 0 fully saturated rings.